The van der Waals surface area contributed by atoms with Gasteiger partial charge in [-0.3, -0.25) is 14.4 Å². The summed E-state index contributed by atoms with van der Waals surface area (Å²) in [4.78, 5) is 37.0. The fourth-order valence-corrected chi connectivity index (χ4v) is 6.15. The van der Waals surface area contributed by atoms with Crippen molar-refractivity contribution in [1.29, 1.82) is 0 Å². The van der Waals surface area contributed by atoms with E-state index in [0.29, 0.717) is 19.3 Å². The van der Waals surface area contributed by atoms with Gasteiger partial charge in [-0.15, -0.1) is 0 Å². The molecule has 0 fully saturated rings. The number of allylic oxidation sites excluding steroid dienone is 4. The van der Waals surface area contributed by atoms with Crippen LogP contribution in [0.5, 0.6) is 0 Å². The number of carbonyl (C=O) groups is 3. The van der Waals surface area contributed by atoms with E-state index in [-0.39, 0.29) is 31.1 Å². The first kappa shape index (κ1) is 48.6. The number of ether oxygens (including phenoxy) is 3. The molecule has 0 aliphatic carbocycles. The van der Waals surface area contributed by atoms with E-state index < -0.39 is 6.10 Å². The zero-order chi connectivity index (χ0) is 36.6. The number of carbonyl (C=O) groups excluding carboxylic acids is 3. The molecule has 0 aromatic carbocycles. The number of alkyl halides is 1. The third-order valence-corrected chi connectivity index (χ3v) is 9.72. The molecule has 0 saturated carbocycles. The molecule has 0 rings (SSSR count). The van der Waals surface area contributed by atoms with Crippen LogP contribution < -0.4 is 0 Å². The Bertz CT molecular complexity index is 770. The molecule has 0 aliphatic heterocycles. The van der Waals surface area contributed by atoms with Crippen LogP contribution in [0.4, 0.5) is 0 Å². The average Bonchev–Trinajstić information content (AvgIpc) is 3.11. The summed E-state index contributed by atoms with van der Waals surface area (Å²) in [5.41, 5.74) is 0. The van der Waals surface area contributed by atoms with Crippen molar-refractivity contribution in [3.63, 3.8) is 0 Å². The molecular weight excluding hydrogens is 739 g/mol. The van der Waals surface area contributed by atoms with Crippen LogP contribution in [0.1, 0.15) is 206 Å². The average molecular weight is 817 g/mol. The highest BCUT2D eigenvalue weighted by Gasteiger charge is 2.19. The Morgan fingerprint density at radius 1 is 0.440 bits per heavy atom. The Hall–Kier alpha value is -1.38. The molecule has 292 valence electrons. The summed E-state index contributed by atoms with van der Waals surface area (Å²) in [6, 6.07) is 0. The van der Waals surface area contributed by atoms with E-state index in [0.717, 1.165) is 62.2 Å². The molecule has 0 bridgehead atoms. The maximum atomic E-state index is 12.4. The second-order valence-electron chi connectivity index (χ2n) is 13.9. The second-order valence-corrected chi connectivity index (χ2v) is 15.0. The quantitative estimate of drug-likeness (QED) is 0.0154. The highest BCUT2D eigenvalue weighted by molar-refractivity contribution is 14.1. The van der Waals surface area contributed by atoms with Crippen LogP contribution in [0, 0.1) is 0 Å². The van der Waals surface area contributed by atoms with Gasteiger partial charge in [0.1, 0.15) is 13.2 Å². The minimum Gasteiger partial charge on any atom is -0.462 e. The minimum atomic E-state index is -0.771. The molecule has 0 heterocycles. The molecule has 0 radical (unpaired) electrons. The third-order valence-electron chi connectivity index (χ3n) is 8.96. The lowest BCUT2D eigenvalue weighted by Gasteiger charge is -2.18. The predicted molar refractivity (Wildman–Crippen MR) is 219 cm³/mol. The molecule has 0 atom stereocenters. The molecule has 0 spiro atoms. The third kappa shape index (κ3) is 37.9. The van der Waals surface area contributed by atoms with Crippen molar-refractivity contribution in [2.75, 3.05) is 17.6 Å². The van der Waals surface area contributed by atoms with E-state index in [2.05, 4.69) is 60.7 Å². The fourth-order valence-electron chi connectivity index (χ4n) is 5.77. The monoisotopic (exact) mass is 816 g/mol. The molecule has 0 unspecified atom stereocenters. The van der Waals surface area contributed by atoms with E-state index >= 15 is 0 Å². The van der Waals surface area contributed by atoms with E-state index in [1.165, 1.54) is 116 Å². The number of hydrogen-bond donors (Lipinski definition) is 0. The summed E-state index contributed by atoms with van der Waals surface area (Å²) in [5, 5.41) is 0. The Morgan fingerprint density at radius 3 is 1.12 bits per heavy atom. The maximum Gasteiger partial charge on any atom is 0.306 e. The fraction of sp³-hybridized carbons (Fsp3) is 0.837. The van der Waals surface area contributed by atoms with Gasteiger partial charge in [0.15, 0.2) is 6.10 Å². The smallest absolute Gasteiger partial charge is 0.306 e. The lowest BCUT2D eigenvalue weighted by molar-refractivity contribution is -0.166. The summed E-state index contributed by atoms with van der Waals surface area (Å²) >= 11 is 2.22. The van der Waals surface area contributed by atoms with E-state index in [4.69, 9.17) is 14.2 Å². The molecule has 0 aromatic rings. The molecule has 0 amide bonds. The molecule has 0 aromatic heterocycles. The van der Waals surface area contributed by atoms with Crippen LogP contribution in [0.2, 0.25) is 0 Å². The summed E-state index contributed by atoms with van der Waals surface area (Å²) < 4.78 is 17.2. The first-order valence-electron chi connectivity index (χ1n) is 20.9. The van der Waals surface area contributed by atoms with Gasteiger partial charge in [-0.2, -0.15) is 0 Å². The second kappa shape index (κ2) is 40.4. The summed E-state index contributed by atoms with van der Waals surface area (Å²) in [7, 11) is 0. The summed E-state index contributed by atoms with van der Waals surface area (Å²) in [6.07, 6.45) is 41.6. The Balaban J connectivity index is 4.02. The molecule has 7 heteroatoms. The van der Waals surface area contributed by atoms with Gasteiger partial charge in [0.2, 0.25) is 0 Å². The van der Waals surface area contributed by atoms with E-state index in [9.17, 15) is 14.4 Å². The van der Waals surface area contributed by atoms with Gasteiger partial charge in [-0.05, 0) is 70.6 Å². The normalized spacial score (nSPS) is 11.6. The van der Waals surface area contributed by atoms with Gasteiger partial charge in [-0.25, -0.2) is 0 Å². The molecular formula is C43H77IO6. The first-order chi connectivity index (χ1) is 24.5. The van der Waals surface area contributed by atoms with Crippen molar-refractivity contribution in [3.8, 4) is 0 Å². The van der Waals surface area contributed by atoms with Crippen molar-refractivity contribution in [2.45, 2.75) is 213 Å². The lowest BCUT2D eigenvalue weighted by Crippen LogP contribution is -2.30. The number of unbranched alkanes of at least 4 members (excludes halogenated alkanes) is 22. The van der Waals surface area contributed by atoms with Crippen molar-refractivity contribution in [1.82, 2.24) is 0 Å². The van der Waals surface area contributed by atoms with Gasteiger partial charge in [0.25, 0.3) is 0 Å². The zero-order valence-corrected chi connectivity index (χ0v) is 34.7. The van der Waals surface area contributed by atoms with Gasteiger partial charge < -0.3 is 14.2 Å². The largest absolute Gasteiger partial charge is 0.462 e. The molecule has 0 N–H and O–H groups in total. The standard InChI is InChI=1S/C43H77IO6/c1-3-5-7-9-11-13-15-17-19-21-23-25-27-29-31-34-41(45)48-38-40(50-43(47)36-33-37-44)39-49-42(46)35-32-30-28-26-24-22-20-18-16-14-12-10-8-6-4-2/h17-20,40H,3-16,21-39H2,1-2H3/b19-17-,20-18-. The first-order valence-corrected chi connectivity index (χ1v) is 22.4. The van der Waals surface area contributed by atoms with Gasteiger partial charge in [0.05, 0.1) is 0 Å². The van der Waals surface area contributed by atoms with Crippen LogP contribution in [0.3, 0.4) is 0 Å². The summed E-state index contributed by atoms with van der Waals surface area (Å²) in [5.74, 6) is -0.945. The van der Waals surface area contributed by atoms with Crippen LogP contribution in [0.25, 0.3) is 0 Å². The van der Waals surface area contributed by atoms with Gasteiger partial charge in [0, 0.05) is 23.7 Å². The molecule has 50 heavy (non-hydrogen) atoms. The van der Waals surface area contributed by atoms with Crippen molar-refractivity contribution < 1.29 is 28.6 Å². The van der Waals surface area contributed by atoms with Crippen molar-refractivity contribution >= 4 is 40.5 Å². The van der Waals surface area contributed by atoms with E-state index in [1.807, 2.05) is 0 Å². The van der Waals surface area contributed by atoms with Gasteiger partial charge in [-0.1, -0.05) is 163 Å². The Morgan fingerprint density at radius 2 is 0.760 bits per heavy atom. The van der Waals surface area contributed by atoms with Crippen LogP contribution in [-0.2, 0) is 28.6 Å². The van der Waals surface area contributed by atoms with Crippen molar-refractivity contribution in [3.05, 3.63) is 24.3 Å². The lowest BCUT2D eigenvalue weighted by atomic mass is 10.1. The van der Waals surface area contributed by atoms with E-state index in [1.54, 1.807) is 0 Å². The number of rotatable bonds is 38. The van der Waals surface area contributed by atoms with Crippen LogP contribution in [-0.4, -0.2) is 41.7 Å². The Labute approximate surface area is 322 Å². The maximum absolute atomic E-state index is 12.4. The number of halogens is 1. The molecule has 0 aliphatic rings. The van der Waals surface area contributed by atoms with Gasteiger partial charge >= 0.3 is 17.9 Å². The topological polar surface area (TPSA) is 78.9 Å². The predicted octanol–water partition coefficient (Wildman–Crippen LogP) is 13.3. The molecule has 6 nitrogen and oxygen atoms in total. The molecule has 0 saturated heterocycles. The zero-order valence-electron chi connectivity index (χ0n) is 32.5. The Kier molecular flexibility index (Phi) is 39.3. The number of hydrogen-bond acceptors (Lipinski definition) is 6. The van der Waals surface area contributed by atoms with Crippen LogP contribution in [0.15, 0.2) is 24.3 Å². The number of esters is 3. The van der Waals surface area contributed by atoms with Crippen molar-refractivity contribution in [2.24, 2.45) is 0 Å². The highest BCUT2D eigenvalue weighted by atomic mass is 127. The highest BCUT2D eigenvalue weighted by Crippen LogP contribution is 2.13. The SMILES string of the molecule is CCCCCCCC/C=C\CCCCCCCC(=O)OCC(COC(=O)CCCCCCC/C=C\CCCCCCCC)OC(=O)CCCI. The minimum absolute atomic E-state index is 0.0828. The van der Waals surface area contributed by atoms with Crippen LogP contribution >= 0.6 is 22.6 Å². The summed E-state index contributed by atoms with van der Waals surface area (Å²) in [6.45, 7) is 4.35.